The van der Waals surface area contributed by atoms with Gasteiger partial charge in [-0.15, -0.1) is 15.0 Å². The van der Waals surface area contributed by atoms with Crippen LogP contribution in [0.1, 0.15) is 38.7 Å². The number of aromatic hydroxyl groups is 1. The molecule has 24 heavy (non-hydrogen) atoms. The lowest BCUT2D eigenvalue weighted by atomic mass is 10.1. The van der Waals surface area contributed by atoms with Gasteiger partial charge in [0, 0.05) is 6.07 Å². The number of fused-ring (bicyclic) bond motifs is 1. The quantitative estimate of drug-likeness (QED) is 0.705. The van der Waals surface area contributed by atoms with Gasteiger partial charge in [-0.25, -0.2) is 0 Å². The van der Waals surface area contributed by atoms with E-state index in [0.29, 0.717) is 12.3 Å². The predicted octanol–water partition coefficient (Wildman–Crippen LogP) is 4.26. The van der Waals surface area contributed by atoms with E-state index in [0.717, 1.165) is 42.5 Å². The lowest BCUT2D eigenvalue weighted by Crippen LogP contribution is -2.00. The average Bonchev–Trinajstić information content (AvgIpc) is 3.02. The number of phenols is 1. The van der Waals surface area contributed by atoms with Gasteiger partial charge in [-0.3, -0.25) is 0 Å². The van der Waals surface area contributed by atoms with Crippen LogP contribution >= 0.6 is 0 Å². The Morgan fingerprint density at radius 2 is 1.83 bits per heavy atom. The third kappa shape index (κ3) is 3.50. The molecule has 5 heteroatoms. The standard InChI is InChI=1S/C19H23N3O2/c1-3-5-6-14-7-10-19(23)18(12-14)22-20-16-9-8-15(24-11-4-2)13-17(16)21-22/h7-10,12-13,23H,3-6,11H2,1-2H3. The highest BCUT2D eigenvalue weighted by Gasteiger charge is 2.10. The number of hydrogen-bond acceptors (Lipinski definition) is 4. The summed E-state index contributed by atoms with van der Waals surface area (Å²) in [4.78, 5) is 1.50. The molecule has 126 valence electrons. The van der Waals surface area contributed by atoms with Crippen LogP contribution in [0, 0.1) is 0 Å². The smallest absolute Gasteiger partial charge is 0.143 e. The fourth-order valence-electron chi connectivity index (χ4n) is 2.58. The van der Waals surface area contributed by atoms with E-state index in [-0.39, 0.29) is 5.75 Å². The molecule has 0 unspecified atom stereocenters. The number of nitrogens with zero attached hydrogens (tertiary/aromatic N) is 3. The Labute approximate surface area is 141 Å². The van der Waals surface area contributed by atoms with Gasteiger partial charge in [0.15, 0.2) is 0 Å². The Hall–Kier alpha value is -2.56. The first-order valence-corrected chi connectivity index (χ1v) is 8.53. The SMILES string of the molecule is CCCCc1ccc(O)c(-n2nc3ccc(OCCC)cc3n2)c1. The predicted molar refractivity (Wildman–Crippen MR) is 94.9 cm³/mol. The summed E-state index contributed by atoms with van der Waals surface area (Å²) < 4.78 is 5.64. The molecule has 5 nitrogen and oxygen atoms in total. The third-order valence-electron chi connectivity index (χ3n) is 3.90. The molecule has 0 aliphatic heterocycles. The molecule has 0 fully saturated rings. The van der Waals surface area contributed by atoms with Gasteiger partial charge < -0.3 is 9.84 Å². The number of rotatable bonds is 7. The van der Waals surface area contributed by atoms with Crippen LogP contribution in [0.5, 0.6) is 11.5 Å². The van der Waals surface area contributed by atoms with E-state index in [4.69, 9.17) is 4.74 Å². The topological polar surface area (TPSA) is 60.2 Å². The van der Waals surface area contributed by atoms with Crippen molar-refractivity contribution in [2.45, 2.75) is 39.5 Å². The number of benzene rings is 2. The molecule has 0 aliphatic rings. The van der Waals surface area contributed by atoms with Crippen molar-refractivity contribution >= 4 is 11.0 Å². The molecule has 0 saturated carbocycles. The second-order valence-corrected chi connectivity index (χ2v) is 5.92. The third-order valence-corrected chi connectivity index (χ3v) is 3.90. The molecule has 3 aromatic rings. The van der Waals surface area contributed by atoms with Crippen LogP contribution in [0.4, 0.5) is 0 Å². The largest absolute Gasteiger partial charge is 0.506 e. The van der Waals surface area contributed by atoms with Crippen LogP contribution in [0.3, 0.4) is 0 Å². The van der Waals surface area contributed by atoms with E-state index in [1.165, 1.54) is 10.4 Å². The Kier molecular flexibility index (Phi) is 4.99. The summed E-state index contributed by atoms with van der Waals surface area (Å²) in [5, 5.41) is 19.2. The fourth-order valence-corrected chi connectivity index (χ4v) is 2.58. The van der Waals surface area contributed by atoms with Crippen molar-refractivity contribution in [2.24, 2.45) is 0 Å². The van der Waals surface area contributed by atoms with Gasteiger partial charge in [-0.05, 0) is 49.1 Å². The van der Waals surface area contributed by atoms with Crippen molar-refractivity contribution in [3.05, 3.63) is 42.0 Å². The summed E-state index contributed by atoms with van der Waals surface area (Å²) in [5.74, 6) is 0.968. The summed E-state index contributed by atoms with van der Waals surface area (Å²) in [6.07, 6.45) is 4.21. The van der Waals surface area contributed by atoms with Crippen molar-refractivity contribution in [2.75, 3.05) is 6.61 Å². The lowest BCUT2D eigenvalue weighted by Gasteiger charge is -2.06. The molecule has 0 amide bonds. The molecule has 0 radical (unpaired) electrons. The maximum Gasteiger partial charge on any atom is 0.143 e. The molecule has 0 atom stereocenters. The van der Waals surface area contributed by atoms with Crippen LogP contribution in [0.25, 0.3) is 16.7 Å². The van der Waals surface area contributed by atoms with Gasteiger partial charge in [0.05, 0.1) is 6.61 Å². The first kappa shape index (κ1) is 16.3. The van der Waals surface area contributed by atoms with Crippen molar-refractivity contribution in [3.63, 3.8) is 0 Å². The molecule has 0 saturated heterocycles. The van der Waals surface area contributed by atoms with Crippen LogP contribution in [-0.2, 0) is 6.42 Å². The van der Waals surface area contributed by atoms with Crippen molar-refractivity contribution in [3.8, 4) is 17.2 Å². The summed E-state index contributed by atoms with van der Waals surface area (Å²) >= 11 is 0. The molecular formula is C19H23N3O2. The minimum absolute atomic E-state index is 0.179. The number of phenolic OH excluding ortho intramolecular Hbond substituents is 1. The Morgan fingerprint density at radius 3 is 2.62 bits per heavy atom. The van der Waals surface area contributed by atoms with E-state index in [1.54, 1.807) is 6.07 Å². The number of aryl methyl sites for hydroxylation is 1. The zero-order valence-corrected chi connectivity index (χ0v) is 14.2. The van der Waals surface area contributed by atoms with Gasteiger partial charge in [0.25, 0.3) is 0 Å². The molecule has 2 aromatic carbocycles. The maximum absolute atomic E-state index is 10.2. The number of hydrogen-bond donors (Lipinski definition) is 1. The molecule has 3 rings (SSSR count). The van der Waals surface area contributed by atoms with Crippen molar-refractivity contribution in [1.82, 2.24) is 15.0 Å². The minimum Gasteiger partial charge on any atom is -0.506 e. The molecule has 1 N–H and O–H groups in total. The minimum atomic E-state index is 0.179. The fraction of sp³-hybridized carbons (Fsp3) is 0.368. The van der Waals surface area contributed by atoms with E-state index in [2.05, 4.69) is 24.0 Å². The highest BCUT2D eigenvalue weighted by Crippen LogP contribution is 2.25. The Morgan fingerprint density at radius 1 is 1.00 bits per heavy atom. The summed E-state index contributed by atoms with van der Waals surface area (Å²) in [5.41, 5.74) is 3.31. The summed E-state index contributed by atoms with van der Waals surface area (Å²) in [6.45, 7) is 4.92. The highest BCUT2D eigenvalue weighted by molar-refractivity contribution is 5.75. The van der Waals surface area contributed by atoms with Crippen molar-refractivity contribution in [1.29, 1.82) is 0 Å². The normalized spacial score (nSPS) is 11.1. The van der Waals surface area contributed by atoms with Gasteiger partial charge in [-0.2, -0.15) is 0 Å². The van der Waals surface area contributed by atoms with E-state index in [9.17, 15) is 5.11 Å². The van der Waals surface area contributed by atoms with Gasteiger partial charge in [0.1, 0.15) is 28.2 Å². The maximum atomic E-state index is 10.2. The number of ether oxygens (including phenoxy) is 1. The van der Waals surface area contributed by atoms with Crippen LogP contribution in [0.15, 0.2) is 36.4 Å². The molecule has 1 aromatic heterocycles. The van der Waals surface area contributed by atoms with Crippen molar-refractivity contribution < 1.29 is 9.84 Å². The van der Waals surface area contributed by atoms with Crippen LogP contribution in [-0.4, -0.2) is 26.7 Å². The zero-order chi connectivity index (χ0) is 16.9. The van der Waals surface area contributed by atoms with E-state index in [1.807, 2.05) is 30.3 Å². The lowest BCUT2D eigenvalue weighted by molar-refractivity contribution is 0.318. The highest BCUT2D eigenvalue weighted by atomic mass is 16.5. The molecular weight excluding hydrogens is 302 g/mol. The summed E-state index contributed by atoms with van der Waals surface area (Å²) in [6, 6.07) is 11.3. The zero-order valence-electron chi connectivity index (χ0n) is 14.2. The molecule has 1 heterocycles. The molecule has 0 spiro atoms. The van der Waals surface area contributed by atoms with Gasteiger partial charge in [0.2, 0.25) is 0 Å². The van der Waals surface area contributed by atoms with E-state index >= 15 is 0 Å². The van der Waals surface area contributed by atoms with E-state index < -0.39 is 0 Å². The molecule has 0 bridgehead atoms. The Bertz CT molecular complexity index is 827. The second-order valence-electron chi connectivity index (χ2n) is 5.92. The Balaban J connectivity index is 1.93. The van der Waals surface area contributed by atoms with Gasteiger partial charge in [-0.1, -0.05) is 26.3 Å². The number of aromatic nitrogens is 3. The van der Waals surface area contributed by atoms with Crippen LogP contribution in [0.2, 0.25) is 0 Å². The van der Waals surface area contributed by atoms with Crippen LogP contribution < -0.4 is 4.74 Å². The first-order valence-electron chi connectivity index (χ1n) is 8.53. The number of unbranched alkanes of at least 4 members (excludes halogenated alkanes) is 1. The molecule has 0 aliphatic carbocycles. The van der Waals surface area contributed by atoms with Gasteiger partial charge >= 0.3 is 0 Å². The summed E-state index contributed by atoms with van der Waals surface area (Å²) in [7, 11) is 0. The second kappa shape index (κ2) is 7.34. The first-order chi connectivity index (χ1) is 11.7. The monoisotopic (exact) mass is 325 g/mol. The average molecular weight is 325 g/mol.